The highest BCUT2D eigenvalue weighted by Crippen LogP contribution is 2.44. The van der Waals surface area contributed by atoms with Gasteiger partial charge in [-0.1, -0.05) is 24.3 Å². The van der Waals surface area contributed by atoms with Crippen molar-refractivity contribution < 1.29 is 28.6 Å². The van der Waals surface area contributed by atoms with Gasteiger partial charge < -0.3 is 14.2 Å². The van der Waals surface area contributed by atoms with E-state index in [0.717, 1.165) is 0 Å². The van der Waals surface area contributed by atoms with Crippen LogP contribution in [-0.2, 0) is 34.0 Å². The number of fused-ring (bicyclic) bond motifs is 1. The molecule has 0 N–H and O–H groups in total. The summed E-state index contributed by atoms with van der Waals surface area (Å²) in [5.74, 6) is -1.97. The van der Waals surface area contributed by atoms with Crippen molar-refractivity contribution >= 4 is 24.0 Å². The first-order valence-corrected chi connectivity index (χ1v) is 7.76. The molecule has 6 heteroatoms. The maximum atomic E-state index is 12.8. The molecule has 0 aromatic heterocycles. The first kappa shape index (κ1) is 17.7. The summed E-state index contributed by atoms with van der Waals surface area (Å²) in [5, 5.41) is 0. The number of hydrogen-bond acceptors (Lipinski definition) is 6. The predicted octanol–water partition coefficient (Wildman–Crippen LogP) is 2.01. The molecule has 0 aliphatic heterocycles. The summed E-state index contributed by atoms with van der Waals surface area (Å²) < 4.78 is 15.4. The molecule has 0 saturated heterocycles. The SMILES string of the molecule is CCOC(=O)C1(C(=O)OCC)C(COC(C)=O)=Cc2ccccc21. The van der Waals surface area contributed by atoms with E-state index in [1.165, 1.54) is 6.92 Å². The van der Waals surface area contributed by atoms with Crippen molar-refractivity contribution in [1.29, 1.82) is 0 Å². The summed E-state index contributed by atoms with van der Waals surface area (Å²) in [4.78, 5) is 36.8. The summed E-state index contributed by atoms with van der Waals surface area (Å²) in [6, 6.07) is 6.99. The van der Waals surface area contributed by atoms with Crippen molar-refractivity contribution in [3.63, 3.8) is 0 Å². The minimum atomic E-state index is -1.74. The number of esters is 3. The van der Waals surface area contributed by atoms with Crippen molar-refractivity contribution in [1.82, 2.24) is 0 Å². The molecule has 0 heterocycles. The van der Waals surface area contributed by atoms with E-state index in [4.69, 9.17) is 14.2 Å². The lowest BCUT2D eigenvalue weighted by molar-refractivity contribution is -0.163. The van der Waals surface area contributed by atoms with Crippen molar-refractivity contribution in [3.05, 3.63) is 41.0 Å². The number of rotatable bonds is 6. The highest BCUT2D eigenvalue weighted by molar-refractivity contribution is 6.13. The fourth-order valence-electron chi connectivity index (χ4n) is 2.81. The van der Waals surface area contributed by atoms with Crippen LogP contribution >= 0.6 is 0 Å². The Morgan fingerprint density at radius 3 is 2.08 bits per heavy atom. The molecule has 128 valence electrons. The largest absolute Gasteiger partial charge is 0.465 e. The van der Waals surface area contributed by atoms with Crippen LogP contribution in [0.25, 0.3) is 6.08 Å². The topological polar surface area (TPSA) is 78.9 Å². The second-order valence-electron chi connectivity index (χ2n) is 5.23. The third kappa shape index (κ3) is 2.91. The lowest BCUT2D eigenvalue weighted by atomic mass is 9.77. The van der Waals surface area contributed by atoms with E-state index < -0.39 is 23.3 Å². The molecule has 6 nitrogen and oxygen atoms in total. The smallest absolute Gasteiger partial charge is 0.332 e. The van der Waals surface area contributed by atoms with Crippen LogP contribution in [0, 0.1) is 0 Å². The maximum Gasteiger partial charge on any atom is 0.332 e. The third-order valence-corrected chi connectivity index (χ3v) is 3.77. The lowest BCUT2D eigenvalue weighted by Crippen LogP contribution is -2.47. The molecular formula is C18H20O6. The molecule has 0 atom stereocenters. The fourth-order valence-corrected chi connectivity index (χ4v) is 2.81. The van der Waals surface area contributed by atoms with Gasteiger partial charge in [-0.05, 0) is 31.1 Å². The molecule has 0 amide bonds. The minimum absolute atomic E-state index is 0.114. The lowest BCUT2D eigenvalue weighted by Gasteiger charge is -2.29. The normalized spacial score (nSPS) is 14.4. The van der Waals surface area contributed by atoms with E-state index >= 15 is 0 Å². The number of hydrogen-bond donors (Lipinski definition) is 0. The second kappa shape index (κ2) is 7.29. The highest BCUT2D eigenvalue weighted by atomic mass is 16.6. The molecule has 1 aliphatic rings. The summed E-state index contributed by atoms with van der Waals surface area (Å²) in [6.45, 7) is 4.62. The minimum Gasteiger partial charge on any atom is -0.465 e. The molecule has 0 saturated carbocycles. The van der Waals surface area contributed by atoms with E-state index in [1.807, 2.05) is 0 Å². The van der Waals surface area contributed by atoms with Crippen molar-refractivity contribution in [2.45, 2.75) is 26.2 Å². The van der Waals surface area contributed by atoms with E-state index in [1.54, 1.807) is 44.2 Å². The van der Waals surface area contributed by atoms with Gasteiger partial charge in [0.1, 0.15) is 6.61 Å². The van der Waals surface area contributed by atoms with Gasteiger partial charge in [0, 0.05) is 12.5 Å². The second-order valence-corrected chi connectivity index (χ2v) is 5.23. The quantitative estimate of drug-likeness (QED) is 0.450. The van der Waals surface area contributed by atoms with E-state index in [0.29, 0.717) is 16.7 Å². The molecular weight excluding hydrogens is 312 g/mol. The van der Waals surface area contributed by atoms with Crippen LogP contribution in [0.4, 0.5) is 0 Å². The zero-order valence-electron chi connectivity index (χ0n) is 14.0. The summed E-state index contributed by atoms with van der Waals surface area (Å²) >= 11 is 0. The van der Waals surface area contributed by atoms with Crippen LogP contribution in [0.15, 0.2) is 29.8 Å². The Morgan fingerprint density at radius 2 is 1.54 bits per heavy atom. The molecule has 1 aromatic rings. The van der Waals surface area contributed by atoms with Crippen LogP contribution in [0.3, 0.4) is 0 Å². The Kier molecular flexibility index (Phi) is 5.39. The van der Waals surface area contributed by atoms with Crippen molar-refractivity contribution in [3.8, 4) is 0 Å². The number of benzene rings is 1. The Morgan fingerprint density at radius 1 is 0.958 bits per heavy atom. The first-order chi connectivity index (χ1) is 11.5. The van der Waals surface area contributed by atoms with Crippen LogP contribution in [0.2, 0.25) is 0 Å². The molecule has 0 spiro atoms. The van der Waals surface area contributed by atoms with Crippen molar-refractivity contribution in [2.75, 3.05) is 19.8 Å². The monoisotopic (exact) mass is 332 g/mol. The van der Waals surface area contributed by atoms with Gasteiger partial charge in [0.25, 0.3) is 0 Å². The molecule has 0 fully saturated rings. The Balaban J connectivity index is 2.60. The van der Waals surface area contributed by atoms with E-state index in [-0.39, 0.29) is 19.8 Å². The Bertz CT molecular complexity index is 671. The average molecular weight is 332 g/mol. The highest BCUT2D eigenvalue weighted by Gasteiger charge is 2.57. The zero-order chi connectivity index (χ0) is 17.7. The average Bonchev–Trinajstić information content (AvgIpc) is 2.88. The fraction of sp³-hybridized carbons (Fsp3) is 0.389. The van der Waals surface area contributed by atoms with Gasteiger partial charge in [-0.15, -0.1) is 0 Å². The number of carbonyl (C=O) groups is 3. The summed E-state index contributed by atoms with van der Waals surface area (Å²) in [5.41, 5.74) is -0.237. The van der Waals surface area contributed by atoms with Crippen molar-refractivity contribution in [2.24, 2.45) is 0 Å². The molecule has 0 radical (unpaired) electrons. The summed E-state index contributed by atoms with van der Waals surface area (Å²) in [6.07, 6.45) is 1.67. The molecule has 1 aliphatic carbocycles. The van der Waals surface area contributed by atoms with Gasteiger partial charge in [-0.2, -0.15) is 0 Å². The molecule has 0 unspecified atom stereocenters. The van der Waals surface area contributed by atoms with Gasteiger partial charge in [-0.25, -0.2) is 0 Å². The molecule has 24 heavy (non-hydrogen) atoms. The van der Waals surface area contributed by atoms with Crippen LogP contribution in [-0.4, -0.2) is 37.7 Å². The van der Waals surface area contributed by atoms with E-state index in [9.17, 15) is 14.4 Å². The molecule has 0 bridgehead atoms. The molecule has 2 rings (SSSR count). The Hall–Kier alpha value is -2.63. The predicted molar refractivity (Wildman–Crippen MR) is 86.0 cm³/mol. The third-order valence-electron chi connectivity index (χ3n) is 3.77. The first-order valence-electron chi connectivity index (χ1n) is 7.76. The van der Waals surface area contributed by atoms with Gasteiger partial charge in [0.15, 0.2) is 0 Å². The van der Waals surface area contributed by atoms with Crippen LogP contribution in [0.5, 0.6) is 0 Å². The van der Waals surface area contributed by atoms with Gasteiger partial charge in [-0.3, -0.25) is 14.4 Å². The maximum absolute atomic E-state index is 12.8. The molecule has 1 aromatic carbocycles. The number of ether oxygens (including phenoxy) is 3. The number of carbonyl (C=O) groups excluding carboxylic acids is 3. The Labute approximate surface area is 140 Å². The van der Waals surface area contributed by atoms with Crippen LogP contribution < -0.4 is 0 Å². The van der Waals surface area contributed by atoms with Gasteiger partial charge >= 0.3 is 17.9 Å². The summed E-state index contributed by atoms with van der Waals surface area (Å²) in [7, 11) is 0. The zero-order valence-corrected chi connectivity index (χ0v) is 14.0. The van der Waals surface area contributed by atoms with Gasteiger partial charge in [0.2, 0.25) is 5.41 Å². The van der Waals surface area contributed by atoms with Crippen LogP contribution in [0.1, 0.15) is 31.9 Å². The van der Waals surface area contributed by atoms with Gasteiger partial charge in [0.05, 0.1) is 13.2 Å². The van der Waals surface area contributed by atoms with E-state index in [2.05, 4.69) is 0 Å². The standard InChI is InChI=1S/C18H20O6/c1-4-22-16(20)18(17(21)23-5-2)14(11-24-12(3)19)10-13-8-6-7-9-15(13)18/h6-10H,4-5,11H2,1-3H3.